The Kier molecular flexibility index (Phi) is 5.89. The molecule has 2 fully saturated rings. The lowest BCUT2D eigenvalue weighted by molar-refractivity contribution is 0.0911. The molecule has 2 aliphatic rings. The van der Waals surface area contributed by atoms with Crippen molar-refractivity contribution in [2.24, 2.45) is 0 Å². The Bertz CT molecular complexity index is 1150. The van der Waals surface area contributed by atoms with Gasteiger partial charge in [0.2, 0.25) is 0 Å². The fourth-order valence-electron chi connectivity index (χ4n) is 4.51. The largest absolute Gasteiger partial charge is 0.348 e. The summed E-state index contributed by atoms with van der Waals surface area (Å²) in [7, 11) is 0. The monoisotopic (exact) mass is 428 g/mol. The van der Waals surface area contributed by atoms with Crippen molar-refractivity contribution in [3.05, 3.63) is 47.9 Å². The number of benzene rings is 1. The van der Waals surface area contributed by atoms with E-state index in [4.69, 9.17) is 6.42 Å². The second kappa shape index (κ2) is 9.11. The molecule has 2 saturated heterocycles. The number of H-pyrrole nitrogens is 1. The van der Waals surface area contributed by atoms with Crippen LogP contribution in [-0.2, 0) is 6.54 Å². The van der Waals surface area contributed by atoms with Crippen LogP contribution in [-0.4, -0.2) is 69.7 Å². The second-order valence-electron chi connectivity index (χ2n) is 8.77. The molecule has 0 unspecified atom stereocenters. The van der Waals surface area contributed by atoms with Crippen molar-refractivity contribution in [1.29, 1.82) is 0 Å². The van der Waals surface area contributed by atoms with Crippen LogP contribution in [0.1, 0.15) is 35.3 Å². The van der Waals surface area contributed by atoms with E-state index in [0.717, 1.165) is 67.6 Å². The van der Waals surface area contributed by atoms with Gasteiger partial charge < -0.3 is 5.32 Å². The summed E-state index contributed by atoms with van der Waals surface area (Å²) < 4.78 is 0. The van der Waals surface area contributed by atoms with E-state index in [1.54, 1.807) is 0 Å². The predicted molar refractivity (Wildman–Crippen MR) is 125 cm³/mol. The summed E-state index contributed by atoms with van der Waals surface area (Å²) in [5.74, 6) is 2.56. The lowest BCUT2D eigenvalue weighted by Crippen LogP contribution is -2.44. The fraction of sp³-hybridized carbons (Fsp3) is 0.400. The summed E-state index contributed by atoms with van der Waals surface area (Å²) in [4.78, 5) is 22.1. The molecule has 0 saturated carbocycles. The quantitative estimate of drug-likeness (QED) is 0.591. The number of hydrogen-bond acceptors (Lipinski definition) is 5. The number of carbonyl (C=O) groups excluding carboxylic acids is 1. The summed E-state index contributed by atoms with van der Waals surface area (Å²) in [6.07, 6.45) is 12.3. The molecule has 2 aliphatic heterocycles. The number of nitrogens with one attached hydrogen (secondary N) is 2. The SMILES string of the molecule is C#CCN1CCC(NC(=O)c2n[nH]c3ccc(-c4cncc(CN5CCC5)c4)cc23)CC1. The van der Waals surface area contributed by atoms with Crippen molar-refractivity contribution in [2.75, 3.05) is 32.7 Å². The minimum absolute atomic E-state index is 0.131. The zero-order chi connectivity index (χ0) is 21.9. The number of aromatic nitrogens is 3. The number of hydrogen-bond donors (Lipinski definition) is 2. The molecular formula is C25H28N6O. The Morgan fingerprint density at radius 2 is 1.97 bits per heavy atom. The molecule has 32 heavy (non-hydrogen) atoms. The van der Waals surface area contributed by atoms with E-state index >= 15 is 0 Å². The van der Waals surface area contributed by atoms with Gasteiger partial charge in [-0.05, 0) is 61.7 Å². The Hall–Kier alpha value is -3.21. The van der Waals surface area contributed by atoms with Gasteiger partial charge in [-0.3, -0.25) is 24.7 Å². The maximum Gasteiger partial charge on any atom is 0.272 e. The standard InChI is InChI=1S/C25H28N6O/c1-2-8-30-11-6-21(7-12-30)27-25(32)24-22-14-19(4-5-23(22)28-29-24)20-13-18(15-26-16-20)17-31-9-3-10-31/h1,4-5,13-16,21H,3,6-12,17H2,(H,27,32)(H,28,29). The summed E-state index contributed by atoms with van der Waals surface area (Å²) in [6, 6.07) is 8.40. The maximum atomic E-state index is 13.0. The first kappa shape index (κ1) is 20.7. The molecule has 0 radical (unpaired) electrons. The van der Waals surface area contributed by atoms with Crippen LogP contribution in [0, 0.1) is 12.3 Å². The molecule has 3 aromatic rings. The highest BCUT2D eigenvalue weighted by Gasteiger charge is 2.23. The van der Waals surface area contributed by atoms with E-state index in [0.29, 0.717) is 12.2 Å². The first-order chi connectivity index (χ1) is 15.7. The van der Waals surface area contributed by atoms with Gasteiger partial charge in [-0.25, -0.2) is 0 Å². The third kappa shape index (κ3) is 4.38. The summed E-state index contributed by atoms with van der Waals surface area (Å²) in [6.45, 7) is 5.73. The summed E-state index contributed by atoms with van der Waals surface area (Å²) >= 11 is 0. The number of pyridine rings is 1. The van der Waals surface area contributed by atoms with E-state index < -0.39 is 0 Å². The molecule has 0 atom stereocenters. The van der Waals surface area contributed by atoms with Crippen LogP contribution in [0.3, 0.4) is 0 Å². The minimum atomic E-state index is -0.131. The molecule has 7 nitrogen and oxygen atoms in total. The molecule has 4 heterocycles. The van der Waals surface area contributed by atoms with Crippen LogP contribution >= 0.6 is 0 Å². The topological polar surface area (TPSA) is 77.1 Å². The number of nitrogens with zero attached hydrogens (tertiary/aromatic N) is 4. The van der Waals surface area contributed by atoms with E-state index in [2.05, 4.69) is 42.3 Å². The van der Waals surface area contributed by atoms with E-state index in [9.17, 15) is 4.79 Å². The molecule has 164 valence electrons. The first-order valence-electron chi connectivity index (χ1n) is 11.3. The highest BCUT2D eigenvalue weighted by molar-refractivity contribution is 6.05. The van der Waals surface area contributed by atoms with Gasteiger partial charge in [-0.15, -0.1) is 6.42 Å². The van der Waals surface area contributed by atoms with E-state index in [1.807, 2.05) is 30.6 Å². The second-order valence-corrected chi connectivity index (χ2v) is 8.77. The van der Waals surface area contributed by atoms with Gasteiger partial charge in [0.05, 0.1) is 12.1 Å². The smallest absolute Gasteiger partial charge is 0.272 e. The van der Waals surface area contributed by atoms with Crippen molar-refractivity contribution < 1.29 is 4.79 Å². The normalized spacial score (nSPS) is 17.7. The third-order valence-electron chi connectivity index (χ3n) is 6.50. The number of rotatable bonds is 6. The van der Waals surface area contributed by atoms with Crippen molar-refractivity contribution in [2.45, 2.75) is 31.8 Å². The average Bonchev–Trinajstić information content (AvgIpc) is 3.21. The van der Waals surface area contributed by atoms with E-state index in [-0.39, 0.29) is 11.9 Å². The van der Waals surface area contributed by atoms with Crippen LogP contribution < -0.4 is 5.32 Å². The van der Waals surface area contributed by atoms with E-state index in [1.165, 1.54) is 12.0 Å². The van der Waals surface area contributed by atoms with Gasteiger partial charge in [0, 0.05) is 49.0 Å². The van der Waals surface area contributed by atoms with Crippen LogP contribution in [0.4, 0.5) is 0 Å². The van der Waals surface area contributed by atoms with Crippen LogP contribution in [0.5, 0.6) is 0 Å². The van der Waals surface area contributed by atoms with Gasteiger partial charge in [-0.2, -0.15) is 5.10 Å². The number of likely N-dealkylation sites (tertiary alicyclic amines) is 2. The third-order valence-corrected chi connectivity index (χ3v) is 6.50. The zero-order valence-corrected chi connectivity index (χ0v) is 18.2. The highest BCUT2D eigenvalue weighted by Crippen LogP contribution is 2.26. The fourth-order valence-corrected chi connectivity index (χ4v) is 4.51. The summed E-state index contributed by atoms with van der Waals surface area (Å²) in [5, 5.41) is 11.3. The Labute approximate surface area is 188 Å². The number of terminal acetylenes is 1. The molecule has 0 aliphatic carbocycles. The predicted octanol–water partition coefficient (Wildman–Crippen LogP) is 2.66. The lowest BCUT2D eigenvalue weighted by atomic mass is 10.0. The van der Waals surface area contributed by atoms with Gasteiger partial charge in [0.15, 0.2) is 5.69 Å². The first-order valence-corrected chi connectivity index (χ1v) is 11.3. The molecule has 0 bridgehead atoms. The summed E-state index contributed by atoms with van der Waals surface area (Å²) in [5.41, 5.74) is 4.60. The Morgan fingerprint density at radius 3 is 2.72 bits per heavy atom. The molecule has 5 rings (SSSR count). The number of amides is 1. The highest BCUT2D eigenvalue weighted by atomic mass is 16.2. The molecule has 7 heteroatoms. The molecule has 1 amide bonds. The number of aromatic amines is 1. The van der Waals surface area contributed by atoms with Crippen LogP contribution in [0.25, 0.3) is 22.0 Å². The van der Waals surface area contributed by atoms with Gasteiger partial charge >= 0.3 is 0 Å². The maximum absolute atomic E-state index is 13.0. The molecular weight excluding hydrogens is 400 g/mol. The number of fused-ring (bicyclic) bond motifs is 1. The van der Waals surface area contributed by atoms with Crippen molar-refractivity contribution in [1.82, 2.24) is 30.3 Å². The average molecular weight is 429 g/mol. The Balaban J connectivity index is 1.32. The van der Waals surface area contributed by atoms with Crippen molar-refractivity contribution in [3.8, 4) is 23.5 Å². The number of carbonyl (C=O) groups is 1. The molecule has 0 spiro atoms. The minimum Gasteiger partial charge on any atom is -0.348 e. The van der Waals surface area contributed by atoms with Crippen molar-refractivity contribution in [3.63, 3.8) is 0 Å². The van der Waals surface area contributed by atoms with Gasteiger partial charge in [0.1, 0.15) is 0 Å². The number of piperidine rings is 1. The van der Waals surface area contributed by atoms with Crippen LogP contribution in [0.15, 0.2) is 36.7 Å². The molecule has 1 aromatic carbocycles. The zero-order valence-electron chi connectivity index (χ0n) is 18.2. The van der Waals surface area contributed by atoms with Gasteiger partial charge in [-0.1, -0.05) is 12.0 Å². The van der Waals surface area contributed by atoms with Gasteiger partial charge in [0.25, 0.3) is 5.91 Å². The van der Waals surface area contributed by atoms with Crippen LogP contribution in [0.2, 0.25) is 0 Å². The molecule has 2 aromatic heterocycles. The van der Waals surface area contributed by atoms with Crippen molar-refractivity contribution >= 4 is 16.8 Å². The lowest BCUT2D eigenvalue weighted by Gasteiger charge is -2.30. The molecule has 2 N–H and O–H groups in total. The Morgan fingerprint density at radius 1 is 1.12 bits per heavy atom.